The van der Waals surface area contributed by atoms with Crippen LogP contribution in [0.1, 0.15) is 12.7 Å². The molecule has 4 aromatic rings. The second-order valence-electron chi connectivity index (χ2n) is 5.98. The second kappa shape index (κ2) is 6.99. The van der Waals surface area contributed by atoms with Crippen LogP contribution in [0, 0.1) is 0 Å². The Morgan fingerprint density at radius 3 is 2.56 bits per heavy atom. The molecule has 0 saturated carbocycles. The molecule has 0 amide bonds. The van der Waals surface area contributed by atoms with Crippen LogP contribution < -0.4 is 10.3 Å². The number of rotatable bonds is 4. The zero-order chi connectivity index (χ0) is 18.8. The highest BCUT2D eigenvalue weighted by Crippen LogP contribution is 2.25. The quantitative estimate of drug-likeness (QED) is 0.559. The van der Waals surface area contributed by atoms with Gasteiger partial charge in [-0.25, -0.2) is 9.97 Å². The molecule has 134 valence electrons. The van der Waals surface area contributed by atoms with Gasteiger partial charge in [0.2, 0.25) is 5.88 Å². The van der Waals surface area contributed by atoms with Crippen LogP contribution >= 0.6 is 0 Å². The molecule has 0 fully saturated rings. The van der Waals surface area contributed by atoms with Gasteiger partial charge in [0, 0.05) is 24.2 Å². The molecular weight excluding hydrogens is 340 g/mol. The highest BCUT2D eigenvalue weighted by Gasteiger charge is 2.16. The first-order chi connectivity index (χ1) is 13.2. The molecule has 2 aromatic heterocycles. The topological polar surface area (TPSA) is 69.9 Å². The number of fused-ring (bicyclic) bond motifs is 1. The van der Waals surface area contributed by atoms with E-state index in [2.05, 4.69) is 9.97 Å². The maximum atomic E-state index is 13.5. The van der Waals surface area contributed by atoms with Crippen LogP contribution in [0.3, 0.4) is 0 Å². The Balaban J connectivity index is 2.07. The van der Waals surface area contributed by atoms with Crippen LogP contribution in [0.25, 0.3) is 28.0 Å². The Morgan fingerprint density at radius 1 is 1.00 bits per heavy atom. The van der Waals surface area contributed by atoms with E-state index < -0.39 is 0 Å². The molecule has 0 unspecified atom stereocenters. The molecule has 0 aliphatic rings. The summed E-state index contributed by atoms with van der Waals surface area (Å²) in [7, 11) is 1.55. The van der Waals surface area contributed by atoms with Gasteiger partial charge in [-0.1, -0.05) is 37.3 Å². The molecule has 27 heavy (non-hydrogen) atoms. The van der Waals surface area contributed by atoms with E-state index in [0.29, 0.717) is 40.4 Å². The molecule has 0 N–H and O–H groups in total. The molecule has 6 nitrogen and oxygen atoms in total. The first-order valence-corrected chi connectivity index (χ1v) is 8.70. The Hall–Kier alpha value is -3.54. The molecule has 2 heterocycles. The van der Waals surface area contributed by atoms with Crippen molar-refractivity contribution in [3.8, 4) is 23.0 Å². The van der Waals surface area contributed by atoms with E-state index >= 15 is 0 Å². The molecule has 0 atom stereocenters. The van der Waals surface area contributed by atoms with E-state index in [1.807, 2.05) is 55.5 Å². The summed E-state index contributed by atoms with van der Waals surface area (Å²) in [4.78, 5) is 26.9. The van der Waals surface area contributed by atoms with E-state index in [4.69, 9.17) is 9.72 Å². The van der Waals surface area contributed by atoms with Gasteiger partial charge in [-0.2, -0.15) is 4.98 Å². The third kappa shape index (κ3) is 2.95. The minimum atomic E-state index is -0.134. The summed E-state index contributed by atoms with van der Waals surface area (Å²) in [6.45, 7) is 1.99. The van der Waals surface area contributed by atoms with Crippen molar-refractivity contribution in [3.63, 3.8) is 0 Å². The molecule has 0 spiro atoms. The number of aromatic nitrogens is 4. The van der Waals surface area contributed by atoms with Gasteiger partial charge >= 0.3 is 0 Å². The van der Waals surface area contributed by atoms with Crippen molar-refractivity contribution in [1.82, 2.24) is 19.5 Å². The summed E-state index contributed by atoms with van der Waals surface area (Å²) in [5, 5.41) is 0.492. The lowest BCUT2D eigenvalue weighted by molar-refractivity contribution is 0.397. The number of hydrogen-bond donors (Lipinski definition) is 0. The van der Waals surface area contributed by atoms with Gasteiger partial charge in [-0.3, -0.25) is 9.36 Å². The van der Waals surface area contributed by atoms with Crippen LogP contribution in [-0.4, -0.2) is 26.6 Å². The van der Waals surface area contributed by atoms with Crippen LogP contribution in [0.15, 0.2) is 65.6 Å². The van der Waals surface area contributed by atoms with Gasteiger partial charge in [0.05, 0.1) is 23.7 Å². The third-order valence-corrected chi connectivity index (χ3v) is 4.38. The molecule has 0 aliphatic carbocycles. The van der Waals surface area contributed by atoms with E-state index in [1.54, 1.807) is 23.9 Å². The summed E-state index contributed by atoms with van der Waals surface area (Å²) in [6, 6.07) is 16.7. The lowest BCUT2D eigenvalue weighted by Crippen LogP contribution is -2.24. The Labute approximate surface area is 156 Å². The van der Waals surface area contributed by atoms with Gasteiger partial charge in [-0.15, -0.1) is 0 Å². The summed E-state index contributed by atoms with van der Waals surface area (Å²) < 4.78 is 6.86. The minimum Gasteiger partial charge on any atom is -0.481 e. The SMILES string of the molecule is CCc1nc2cccc(-c3nccc(OC)n3)c2c(=O)n1-c1ccccc1. The number of hydrogen-bond acceptors (Lipinski definition) is 5. The molecule has 0 saturated heterocycles. The summed E-state index contributed by atoms with van der Waals surface area (Å²) >= 11 is 0. The molecule has 0 aliphatic heterocycles. The molecular formula is C21H18N4O2. The van der Waals surface area contributed by atoms with Crippen LogP contribution in [0.5, 0.6) is 5.88 Å². The maximum absolute atomic E-state index is 13.5. The number of methoxy groups -OCH3 is 1. The van der Waals surface area contributed by atoms with Crippen molar-refractivity contribution < 1.29 is 4.74 Å². The second-order valence-corrected chi connectivity index (χ2v) is 5.98. The normalized spacial score (nSPS) is 10.9. The lowest BCUT2D eigenvalue weighted by Gasteiger charge is -2.14. The van der Waals surface area contributed by atoms with Crippen molar-refractivity contribution >= 4 is 10.9 Å². The Kier molecular flexibility index (Phi) is 4.38. The molecule has 2 aromatic carbocycles. The van der Waals surface area contributed by atoms with E-state index in [-0.39, 0.29) is 5.56 Å². The summed E-state index contributed by atoms with van der Waals surface area (Å²) in [5.74, 6) is 1.59. The van der Waals surface area contributed by atoms with Gasteiger partial charge in [0.25, 0.3) is 5.56 Å². The average molecular weight is 358 g/mol. The lowest BCUT2D eigenvalue weighted by atomic mass is 10.1. The highest BCUT2D eigenvalue weighted by molar-refractivity contribution is 5.92. The van der Waals surface area contributed by atoms with Gasteiger partial charge < -0.3 is 4.74 Å². The minimum absolute atomic E-state index is 0.134. The Morgan fingerprint density at radius 2 is 1.81 bits per heavy atom. The predicted octanol–water partition coefficient (Wildman–Crippen LogP) is 3.41. The molecule has 6 heteroatoms. The van der Waals surface area contributed by atoms with Crippen LogP contribution in [0.2, 0.25) is 0 Å². The molecule has 0 radical (unpaired) electrons. The van der Waals surface area contributed by atoms with Crippen molar-refractivity contribution in [1.29, 1.82) is 0 Å². The average Bonchev–Trinajstić information content (AvgIpc) is 2.73. The third-order valence-electron chi connectivity index (χ3n) is 4.38. The molecule has 4 rings (SSSR count). The van der Waals surface area contributed by atoms with Crippen molar-refractivity contribution in [3.05, 3.63) is 77.0 Å². The van der Waals surface area contributed by atoms with Crippen LogP contribution in [0.4, 0.5) is 0 Å². The fourth-order valence-electron chi connectivity index (χ4n) is 3.13. The van der Waals surface area contributed by atoms with Crippen molar-refractivity contribution in [2.45, 2.75) is 13.3 Å². The van der Waals surface area contributed by atoms with Gasteiger partial charge in [0.15, 0.2) is 5.82 Å². The maximum Gasteiger partial charge on any atom is 0.266 e. The fraction of sp³-hybridized carbons (Fsp3) is 0.143. The first-order valence-electron chi connectivity index (χ1n) is 8.70. The fourth-order valence-corrected chi connectivity index (χ4v) is 3.13. The summed E-state index contributed by atoms with van der Waals surface area (Å²) in [5.41, 5.74) is 1.92. The van der Waals surface area contributed by atoms with Gasteiger partial charge in [0.1, 0.15) is 5.82 Å². The smallest absolute Gasteiger partial charge is 0.266 e. The molecule has 0 bridgehead atoms. The van der Waals surface area contributed by atoms with E-state index in [9.17, 15) is 4.79 Å². The zero-order valence-electron chi connectivity index (χ0n) is 15.1. The number of nitrogens with zero attached hydrogens (tertiary/aromatic N) is 4. The highest BCUT2D eigenvalue weighted by atomic mass is 16.5. The van der Waals surface area contributed by atoms with E-state index in [1.165, 1.54) is 0 Å². The van der Waals surface area contributed by atoms with E-state index in [0.717, 1.165) is 5.69 Å². The Bertz CT molecular complexity index is 1170. The van der Waals surface area contributed by atoms with Crippen LogP contribution in [-0.2, 0) is 6.42 Å². The largest absolute Gasteiger partial charge is 0.481 e. The predicted molar refractivity (Wildman–Crippen MR) is 104 cm³/mol. The number of para-hydroxylation sites is 1. The van der Waals surface area contributed by atoms with Gasteiger partial charge in [-0.05, 0) is 18.2 Å². The zero-order valence-corrected chi connectivity index (χ0v) is 15.1. The standard InChI is InChI=1S/C21H18N4O2/c1-3-17-23-16-11-7-10-15(20-22-13-12-18(24-20)27-2)19(16)21(26)25(17)14-8-5-4-6-9-14/h4-13H,3H2,1-2H3. The number of ether oxygens (including phenoxy) is 1. The summed E-state index contributed by atoms with van der Waals surface area (Å²) in [6.07, 6.45) is 2.25. The number of benzene rings is 2. The van der Waals surface area contributed by atoms with Crippen molar-refractivity contribution in [2.75, 3.05) is 7.11 Å². The number of aryl methyl sites for hydroxylation is 1. The first kappa shape index (κ1) is 16.9. The monoisotopic (exact) mass is 358 g/mol. The van der Waals surface area contributed by atoms with Crippen molar-refractivity contribution in [2.24, 2.45) is 0 Å².